The van der Waals surface area contributed by atoms with Crippen LogP contribution in [0, 0.1) is 5.92 Å². The molecule has 3 rings (SSSR count). The average Bonchev–Trinajstić information content (AvgIpc) is 2.39. The predicted octanol–water partition coefficient (Wildman–Crippen LogP) is 3.35. The van der Waals surface area contributed by atoms with Crippen LogP contribution in [0.3, 0.4) is 0 Å². The van der Waals surface area contributed by atoms with Crippen LogP contribution in [0.4, 0.5) is 0 Å². The fourth-order valence-electron chi connectivity index (χ4n) is 2.68. The highest BCUT2D eigenvalue weighted by Gasteiger charge is 2.40. The summed E-state index contributed by atoms with van der Waals surface area (Å²) in [5, 5.41) is 3.09. The topological polar surface area (TPSA) is 47.6 Å². The molecular formula is C13H18NO3P. The van der Waals surface area contributed by atoms with Crippen molar-refractivity contribution in [2.75, 3.05) is 6.61 Å². The molecular weight excluding hydrogens is 249 g/mol. The Labute approximate surface area is 107 Å². The molecule has 1 saturated carbocycles. The first-order valence-electron chi connectivity index (χ1n) is 6.52. The summed E-state index contributed by atoms with van der Waals surface area (Å²) in [5.74, 6) is 1.07. The van der Waals surface area contributed by atoms with Crippen molar-refractivity contribution >= 4 is 7.75 Å². The van der Waals surface area contributed by atoms with E-state index in [1.807, 2.05) is 18.2 Å². The maximum atomic E-state index is 12.5. The van der Waals surface area contributed by atoms with Gasteiger partial charge in [0.25, 0.3) is 0 Å². The van der Waals surface area contributed by atoms with Crippen LogP contribution in [0.15, 0.2) is 30.3 Å². The van der Waals surface area contributed by atoms with Gasteiger partial charge >= 0.3 is 7.75 Å². The second-order valence-electron chi connectivity index (χ2n) is 4.98. The standard InChI is InChI=1S/C13H18NO3P/c15-18(17-12-7-2-1-3-8-12)14-13-9-5-4-6-11(13)10-16-18/h1-3,7-8,11,13H,4-6,9-10H2,(H,14,15)/t11-,13-,18-/m1/s1. The van der Waals surface area contributed by atoms with Crippen LogP contribution in [0.1, 0.15) is 25.7 Å². The summed E-state index contributed by atoms with van der Waals surface area (Å²) < 4.78 is 23.5. The van der Waals surface area contributed by atoms with Gasteiger partial charge in [-0.2, -0.15) is 0 Å². The van der Waals surface area contributed by atoms with Crippen molar-refractivity contribution in [3.63, 3.8) is 0 Å². The van der Waals surface area contributed by atoms with E-state index >= 15 is 0 Å². The molecule has 0 radical (unpaired) electrons. The zero-order chi connectivity index (χ0) is 12.4. The zero-order valence-corrected chi connectivity index (χ0v) is 11.1. The Morgan fingerprint density at radius 3 is 2.83 bits per heavy atom. The molecule has 1 heterocycles. The number of para-hydroxylation sites is 1. The van der Waals surface area contributed by atoms with E-state index in [9.17, 15) is 4.57 Å². The minimum absolute atomic E-state index is 0.280. The highest BCUT2D eigenvalue weighted by atomic mass is 31.2. The highest BCUT2D eigenvalue weighted by molar-refractivity contribution is 7.52. The van der Waals surface area contributed by atoms with Crippen molar-refractivity contribution < 1.29 is 13.6 Å². The molecule has 2 aliphatic rings. The smallest absolute Gasteiger partial charge is 0.413 e. The minimum atomic E-state index is -3.17. The molecule has 1 saturated heterocycles. The van der Waals surface area contributed by atoms with Crippen LogP contribution in [0.5, 0.6) is 5.75 Å². The summed E-state index contributed by atoms with van der Waals surface area (Å²) in [7, 11) is -3.17. The first-order chi connectivity index (χ1) is 8.75. The van der Waals surface area contributed by atoms with Gasteiger partial charge in [0.1, 0.15) is 5.75 Å². The maximum Gasteiger partial charge on any atom is 0.458 e. The van der Waals surface area contributed by atoms with Gasteiger partial charge in [-0.1, -0.05) is 31.0 Å². The van der Waals surface area contributed by atoms with E-state index in [0.29, 0.717) is 18.3 Å². The molecule has 1 aromatic rings. The summed E-state index contributed by atoms with van der Waals surface area (Å²) in [5.41, 5.74) is 0. The molecule has 1 aliphatic carbocycles. The zero-order valence-electron chi connectivity index (χ0n) is 10.2. The molecule has 1 N–H and O–H groups in total. The molecule has 0 unspecified atom stereocenters. The van der Waals surface area contributed by atoms with E-state index in [0.717, 1.165) is 12.8 Å². The van der Waals surface area contributed by atoms with Gasteiger partial charge in [-0.05, 0) is 30.9 Å². The summed E-state index contributed by atoms with van der Waals surface area (Å²) in [4.78, 5) is 0. The minimum Gasteiger partial charge on any atom is -0.413 e. The monoisotopic (exact) mass is 267 g/mol. The Kier molecular flexibility index (Phi) is 3.42. The third kappa shape index (κ3) is 2.61. The fraction of sp³-hybridized carbons (Fsp3) is 0.538. The first kappa shape index (κ1) is 12.2. The van der Waals surface area contributed by atoms with Crippen molar-refractivity contribution in [3.8, 4) is 5.75 Å². The van der Waals surface area contributed by atoms with Gasteiger partial charge in [0.05, 0.1) is 6.61 Å². The molecule has 5 heteroatoms. The van der Waals surface area contributed by atoms with Crippen molar-refractivity contribution in [3.05, 3.63) is 30.3 Å². The van der Waals surface area contributed by atoms with Gasteiger partial charge in [0.15, 0.2) is 0 Å². The molecule has 4 nitrogen and oxygen atoms in total. The third-order valence-corrected chi connectivity index (χ3v) is 5.25. The Hall–Kier alpha value is -0.830. The summed E-state index contributed by atoms with van der Waals surface area (Å²) >= 11 is 0. The largest absolute Gasteiger partial charge is 0.458 e. The molecule has 1 aromatic carbocycles. The van der Waals surface area contributed by atoms with E-state index in [-0.39, 0.29) is 6.04 Å². The fourth-order valence-corrected chi connectivity index (χ4v) is 4.40. The maximum absolute atomic E-state index is 12.5. The summed E-state index contributed by atoms with van der Waals surface area (Å²) in [6.07, 6.45) is 4.66. The van der Waals surface area contributed by atoms with E-state index in [1.165, 1.54) is 12.8 Å². The lowest BCUT2D eigenvalue weighted by Crippen LogP contribution is -2.44. The second kappa shape index (κ2) is 5.04. The van der Waals surface area contributed by atoms with Crippen LogP contribution < -0.4 is 9.61 Å². The summed E-state index contributed by atoms with van der Waals surface area (Å²) in [6, 6.07) is 9.47. The molecule has 0 bridgehead atoms. The quantitative estimate of drug-likeness (QED) is 0.835. The summed E-state index contributed by atoms with van der Waals surface area (Å²) in [6.45, 7) is 0.543. The van der Waals surface area contributed by atoms with Crippen molar-refractivity contribution in [1.82, 2.24) is 5.09 Å². The lowest BCUT2D eigenvalue weighted by Gasteiger charge is -2.38. The van der Waals surface area contributed by atoms with E-state index in [1.54, 1.807) is 12.1 Å². The molecule has 98 valence electrons. The molecule has 3 atom stereocenters. The van der Waals surface area contributed by atoms with Crippen LogP contribution in [-0.2, 0) is 9.09 Å². The van der Waals surface area contributed by atoms with Crippen molar-refractivity contribution in [2.45, 2.75) is 31.7 Å². The van der Waals surface area contributed by atoms with Gasteiger partial charge < -0.3 is 4.52 Å². The Balaban J connectivity index is 1.70. The number of hydrogen-bond donors (Lipinski definition) is 1. The van der Waals surface area contributed by atoms with Crippen LogP contribution >= 0.6 is 7.75 Å². The van der Waals surface area contributed by atoms with Crippen LogP contribution in [0.2, 0.25) is 0 Å². The van der Waals surface area contributed by atoms with E-state index in [2.05, 4.69) is 5.09 Å². The van der Waals surface area contributed by atoms with Gasteiger partial charge in [-0.25, -0.2) is 9.65 Å². The molecule has 18 heavy (non-hydrogen) atoms. The van der Waals surface area contributed by atoms with Crippen molar-refractivity contribution in [2.24, 2.45) is 5.92 Å². The normalized spacial score (nSPS) is 35.8. The molecule has 0 aromatic heterocycles. The number of nitrogens with one attached hydrogen (secondary N) is 1. The lowest BCUT2D eigenvalue weighted by molar-refractivity contribution is 0.123. The van der Waals surface area contributed by atoms with Crippen molar-refractivity contribution in [1.29, 1.82) is 0 Å². The van der Waals surface area contributed by atoms with Gasteiger partial charge in [0, 0.05) is 6.04 Å². The first-order valence-corrected chi connectivity index (χ1v) is 8.06. The highest BCUT2D eigenvalue weighted by Crippen LogP contribution is 2.50. The van der Waals surface area contributed by atoms with Crippen LogP contribution in [-0.4, -0.2) is 12.6 Å². The molecule has 1 aliphatic heterocycles. The Morgan fingerprint density at radius 1 is 1.22 bits per heavy atom. The van der Waals surface area contributed by atoms with E-state index in [4.69, 9.17) is 9.05 Å². The van der Waals surface area contributed by atoms with Gasteiger partial charge in [-0.3, -0.25) is 4.52 Å². The average molecular weight is 267 g/mol. The predicted molar refractivity (Wildman–Crippen MR) is 69.5 cm³/mol. The van der Waals surface area contributed by atoms with Gasteiger partial charge in [0.2, 0.25) is 0 Å². The molecule has 0 spiro atoms. The van der Waals surface area contributed by atoms with E-state index < -0.39 is 7.75 Å². The second-order valence-corrected chi connectivity index (χ2v) is 6.67. The SMILES string of the molecule is O=[P@]1(Oc2ccccc2)N[C@@H]2CCCC[C@@H]2CO1. The number of fused-ring (bicyclic) bond motifs is 1. The van der Waals surface area contributed by atoms with Crippen LogP contribution in [0.25, 0.3) is 0 Å². The Bertz CT molecular complexity index is 451. The Morgan fingerprint density at radius 2 is 2.00 bits per heavy atom. The number of hydrogen-bond acceptors (Lipinski definition) is 3. The lowest BCUT2D eigenvalue weighted by atomic mass is 9.86. The number of benzene rings is 1. The van der Waals surface area contributed by atoms with Gasteiger partial charge in [-0.15, -0.1) is 0 Å². The number of rotatable bonds is 2. The molecule has 0 amide bonds. The molecule has 2 fully saturated rings. The third-order valence-electron chi connectivity index (χ3n) is 3.66.